The Balaban J connectivity index is 2.03. The van der Waals surface area contributed by atoms with Gasteiger partial charge in [-0.3, -0.25) is 4.79 Å². The average molecular weight is 405 g/mol. The van der Waals surface area contributed by atoms with Crippen molar-refractivity contribution in [3.63, 3.8) is 0 Å². The molecule has 1 heterocycles. The van der Waals surface area contributed by atoms with Gasteiger partial charge in [0, 0.05) is 15.4 Å². The van der Waals surface area contributed by atoms with Crippen LogP contribution in [0.15, 0.2) is 44.7 Å². The molecule has 1 aromatic heterocycles. The highest BCUT2D eigenvalue weighted by Gasteiger charge is 2.05. The normalized spacial score (nSPS) is 10.9. The van der Waals surface area contributed by atoms with E-state index < -0.39 is 5.82 Å². The Morgan fingerprint density at radius 1 is 1.26 bits per heavy atom. The predicted molar refractivity (Wildman–Crippen MR) is 83.8 cm³/mol. The van der Waals surface area contributed by atoms with Gasteiger partial charge in [-0.05, 0) is 52.3 Å². The Bertz CT molecular complexity index is 639. The van der Waals surface area contributed by atoms with Crippen LogP contribution in [-0.4, -0.2) is 5.91 Å². The van der Waals surface area contributed by atoms with E-state index in [1.165, 1.54) is 29.5 Å². The zero-order valence-corrected chi connectivity index (χ0v) is 13.5. The van der Waals surface area contributed by atoms with Crippen molar-refractivity contribution >= 4 is 60.9 Å². The fraction of sp³-hybridized carbons (Fsp3) is 0. The molecule has 0 saturated carbocycles. The summed E-state index contributed by atoms with van der Waals surface area (Å²) in [7, 11) is 0. The topological polar surface area (TPSA) is 29.1 Å². The van der Waals surface area contributed by atoms with Crippen molar-refractivity contribution in [3.8, 4) is 0 Å². The Morgan fingerprint density at radius 2 is 2.05 bits per heavy atom. The summed E-state index contributed by atoms with van der Waals surface area (Å²) in [6.45, 7) is 0. The average Bonchev–Trinajstić information content (AvgIpc) is 2.76. The van der Waals surface area contributed by atoms with Gasteiger partial charge in [-0.1, -0.05) is 15.9 Å². The Morgan fingerprint density at radius 3 is 2.68 bits per heavy atom. The van der Waals surface area contributed by atoms with Crippen molar-refractivity contribution in [1.29, 1.82) is 0 Å². The summed E-state index contributed by atoms with van der Waals surface area (Å²) < 4.78 is 15.1. The summed E-state index contributed by atoms with van der Waals surface area (Å²) in [6.07, 6.45) is 3.06. The maximum Gasteiger partial charge on any atom is 0.248 e. The molecule has 19 heavy (non-hydrogen) atoms. The van der Waals surface area contributed by atoms with E-state index in [2.05, 4.69) is 37.2 Å². The van der Waals surface area contributed by atoms with Crippen LogP contribution in [0.1, 0.15) is 4.88 Å². The first-order valence-electron chi connectivity index (χ1n) is 5.24. The van der Waals surface area contributed by atoms with Crippen LogP contribution in [0.5, 0.6) is 0 Å². The molecule has 0 bridgehead atoms. The van der Waals surface area contributed by atoms with Crippen LogP contribution >= 0.6 is 43.2 Å². The molecule has 0 spiro atoms. The lowest BCUT2D eigenvalue weighted by Crippen LogP contribution is -2.09. The summed E-state index contributed by atoms with van der Waals surface area (Å²) in [4.78, 5) is 12.6. The smallest absolute Gasteiger partial charge is 0.248 e. The molecule has 2 aromatic rings. The van der Waals surface area contributed by atoms with Gasteiger partial charge in [-0.15, -0.1) is 11.3 Å². The number of thiophene rings is 1. The van der Waals surface area contributed by atoms with Gasteiger partial charge in [0.05, 0.1) is 9.47 Å². The summed E-state index contributed by atoms with van der Waals surface area (Å²) in [5, 5.41) is 2.49. The molecule has 0 fully saturated rings. The quantitative estimate of drug-likeness (QED) is 0.711. The molecule has 0 radical (unpaired) electrons. The van der Waals surface area contributed by atoms with Gasteiger partial charge in [0.2, 0.25) is 5.91 Å². The number of benzene rings is 1. The highest BCUT2D eigenvalue weighted by Crippen LogP contribution is 2.23. The van der Waals surface area contributed by atoms with Crippen LogP contribution in [0.25, 0.3) is 6.08 Å². The van der Waals surface area contributed by atoms with Crippen LogP contribution < -0.4 is 5.32 Å². The first kappa shape index (κ1) is 14.4. The third-order valence-electron chi connectivity index (χ3n) is 2.18. The largest absolute Gasteiger partial charge is 0.320 e. The molecule has 0 aliphatic rings. The van der Waals surface area contributed by atoms with Crippen molar-refractivity contribution in [1.82, 2.24) is 0 Å². The molecule has 0 unspecified atom stereocenters. The van der Waals surface area contributed by atoms with Crippen LogP contribution in [0.3, 0.4) is 0 Å². The minimum absolute atomic E-state index is 0.158. The summed E-state index contributed by atoms with van der Waals surface area (Å²) in [6, 6.07) is 8.26. The summed E-state index contributed by atoms with van der Waals surface area (Å²) >= 11 is 8.01. The van der Waals surface area contributed by atoms with Crippen molar-refractivity contribution in [3.05, 3.63) is 55.4 Å². The van der Waals surface area contributed by atoms with Crippen LogP contribution in [0.4, 0.5) is 10.1 Å². The van der Waals surface area contributed by atoms with Gasteiger partial charge in [0.25, 0.3) is 0 Å². The summed E-state index contributed by atoms with van der Waals surface area (Å²) in [5.74, 6) is -0.847. The van der Waals surface area contributed by atoms with Crippen molar-refractivity contribution < 1.29 is 9.18 Å². The number of hydrogen-bond donors (Lipinski definition) is 1. The number of carbonyl (C=O) groups is 1. The molecule has 0 aliphatic carbocycles. The van der Waals surface area contributed by atoms with Gasteiger partial charge in [0.15, 0.2) is 0 Å². The Kier molecular flexibility index (Phi) is 4.90. The van der Waals surface area contributed by atoms with Crippen LogP contribution in [-0.2, 0) is 4.79 Å². The molecule has 0 atom stereocenters. The molecule has 2 nitrogen and oxygen atoms in total. The van der Waals surface area contributed by atoms with Crippen LogP contribution in [0.2, 0.25) is 0 Å². The second-order valence-electron chi connectivity index (χ2n) is 3.59. The predicted octanol–water partition coefficient (Wildman–Crippen LogP) is 5.06. The first-order chi connectivity index (χ1) is 9.04. The SMILES string of the molecule is O=C(/C=C/c1ccc(Br)s1)Nc1ccc(Br)cc1F. The molecule has 0 aliphatic heterocycles. The van der Waals surface area contributed by atoms with Crippen molar-refractivity contribution in [2.45, 2.75) is 0 Å². The maximum absolute atomic E-state index is 13.5. The number of rotatable bonds is 3. The van der Waals surface area contributed by atoms with Crippen molar-refractivity contribution in [2.75, 3.05) is 5.32 Å². The number of nitrogens with one attached hydrogen (secondary N) is 1. The van der Waals surface area contributed by atoms with Gasteiger partial charge in [-0.25, -0.2) is 4.39 Å². The Hall–Kier alpha value is -0.980. The molecule has 98 valence electrons. The second-order valence-corrected chi connectivity index (χ2v) is 7.00. The molecule has 1 aromatic carbocycles. The third kappa shape index (κ3) is 4.26. The highest BCUT2D eigenvalue weighted by atomic mass is 79.9. The maximum atomic E-state index is 13.5. The fourth-order valence-electron chi connectivity index (χ4n) is 1.34. The van der Waals surface area contributed by atoms with E-state index in [4.69, 9.17) is 0 Å². The number of amides is 1. The van der Waals surface area contributed by atoms with Crippen molar-refractivity contribution in [2.24, 2.45) is 0 Å². The summed E-state index contributed by atoms with van der Waals surface area (Å²) in [5.41, 5.74) is 0.158. The zero-order valence-electron chi connectivity index (χ0n) is 9.49. The third-order valence-corrected chi connectivity index (χ3v) is 4.26. The van der Waals surface area contributed by atoms with E-state index in [-0.39, 0.29) is 11.6 Å². The lowest BCUT2D eigenvalue weighted by molar-refractivity contribution is -0.111. The van der Waals surface area contributed by atoms with E-state index in [0.717, 1.165) is 8.66 Å². The van der Waals surface area contributed by atoms with Gasteiger partial charge in [-0.2, -0.15) is 0 Å². The lowest BCUT2D eigenvalue weighted by Gasteiger charge is -2.03. The number of hydrogen-bond acceptors (Lipinski definition) is 2. The minimum atomic E-state index is -0.477. The van der Waals surface area contributed by atoms with E-state index in [9.17, 15) is 9.18 Å². The van der Waals surface area contributed by atoms with Gasteiger partial charge in [0.1, 0.15) is 5.82 Å². The Labute approximate surface area is 130 Å². The number of halogens is 3. The molecule has 1 amide bonds. The molecule has 0 saturated heterocycles. The minimum Gasteiger partial charge on any atom is -0.320 e. The fourth-order valence-corrected chi connectivity index (χ4v) is 3.00. The standard InChI is InChI=1S/C13H8Br2FNOS/c14-8-1-4-11(10(16)7-8)17-13(18)6-3-9-2-5-12(15)19-9/h1-7H,(H,17,18)/b6-3+. The first-order valence-corrected chi connectivity index (χ1v) is 7.64. The molecular weight excluding hydrogens is 397 g/mol. The molecular formula is C13H8Br2FNOS. The van der Waals surface area contributed by atoms with E-state index in [0.29, 0.717) is 4.47 Å². The van der Waals surface area contributed by atoms with Crippen LogP contribution in [0, 0.1) is 5.82 Å². The molecule has 2 rings (SSSR count). The van der Waals surface area contributed by atoms with E-state index >= 15 is 0 Å². The molecule has 6 heteroatoms. The van der Waals surface area contributed by atoms with E-state index in [1.807, 2.05) is 12.1 Å². The number of anilines is 1. The van der Waals surface area contributed by atoms with Gasteiger partial charge < -0.3 is 5.32 Å². The van der Waals surface area contributed by atoms with E-state index in [1.54, 1.807) is 12.1 Å². The second kappa shape index (κ2) is 6.45. The molecule has 1 N–H and O–H groups in total. The number of carbonyl (C=O) groups excluding carboxylic acids is 1. The van der Waals surface area contributed by atoms with Gasteiger partial charge >= 0.3 is 0 Å². The monoisotopic (exact) mass is 403 g/mol. The zero-order chi connectivity index (χ0) is 13.8. The highest BCUT2D eigenvalue weighted by molar-refractivity contribution is 9.11. The lowest BCUT2D eigenvalue weighted by atomic mass is 10.3.